The topological polar surface area (TPSA) is 46.6 Å². The minimum absolute atomic E-state index is 0.0438. The van der Waals surface area contributed by atoms with Crippen LogP contribution in [0.2, 0.25) is 0 Å². The summed E-state index contributed by atoms with van der Waals surface area (Å²) in [4.78, 5) is 26.1. The molecule has 18 heavy (non-hydrogen) atoms. The monoisotopic (exact) mass is 255 g/mol. The fourth-order valence-corrected chi connectivity index (χ4v) is 2.22. The molecule has 1 heterocycles. The Bertz CT molecular complexity index is 312. The molecule has 0 amide bonds. The molecular formula is C14H25NO3. The Kier molecular flexibility index (Phi) is 5.32. The van der Waals surface area contributed by atoms with Gasteiger partial charge in [-0.1, -0.05) is 13.3 Å². The third-order valence-electron chi connectivity index (χ3n) is 3.80. The van der Waals surface area contributed by atoms with Gasteiger partial charge in [-0.2, -0.15) is 0 Å². The number of ether oxygens (including phenoxy) is 1. The lowest BCUT2D eigenvalue weighted by molar-refractivity contribution is -0.158. The van der Waals surface area contributed by atoms with Crippen molar-refractivity contribution < 1.29 is 14.3 Å². The molecule has 0 aliphatic carbocycles. The minimum atomic E-state index is -1.03. The molecule has 0 radical (unpaired) electrons. The predicted molar refractivity (Wildman–Crippen MR) is 70.3 cm³/mol. The highest BCUT2D eigenvalue weighted by molar-refractivity contribution is 6.03. The molecule has 4 nitrogen and oxygen atoms in total. The number of carbonyl (C=O) groups excluding carboxylic acids is 2. The van der Waals surface area contributed by atoms with Crippen molar-refractivity contribution in [3.63, 3.8) is 0 Å². The molecule has 1 atom stereocenters. The molecule has 1 fully saturated rings. The van der Waals surface area contributed by atoms with Crippen molar-refractivity contribution in [2.75, 3.05) is 26.2 Å². The van der Waals surface area contributed by atoms with Crippen LogP contribution in [0.4, 0.5) is 0 Å². The summed E-state index contributed by atoms with van der Waals surface area (Å²) >= 11 is 0. The maximum absolute atomic E-state index is 12.2. The van der Waals surface area contributed by atoms with Crippen LogP contribution >= 0.6 is 0 Å². The second-order valence-corrected chi connectivity index (χ2v) is 5.57. The molecule has 0 aromatic heterocycles. The van der Waals surface area contributed by atoms with Gasteiger partial charge in [0.15, 0.2) is 5.78 Å². The molecule has 1 aliphatic rings. The number of carbonyl (C=O) groups is 2. The second-order valence-electron chi connectivity index (χ2n) is 5.57. The zero-order valence-electron chi connectivity index (χ0n) is 12.0. The van der Waals surface area contributed by atoms with E-state index < -0.39 is 11.4 Å². The summed E-state index contributed by atoms with van der Waals surface area (Å²) in [6, 6.07) is 0. The van der Waals surface area contributed by atoms with Crippen LogP contribution in [-0.4, -0.2) is 42.9 Å². The lowest BCUT2D eigenvalue weighted by Crippen LogP contribution is -2.41. The fraction of sp³-hybridized carbons (Fsp3) is 0.857. The molecule has 0 aromatic carbocycles. The first-order valence-corrected chi connectivity index (χ1v) is 6.84. The number of hydrogen-bond acceptors (Lipinski definition) is 4. The van der Waals surface area contributed by atoms with Crippen molar-refractivity contribution in [3.8, 4) is 0 Å². The van der Waals surface area contributed by atoms with E-state index >= 15 is 0 Å². The minimum Gasteiger partial charge on any atom is -0.465 e. The molecule has 1 rings (SSSR count). The van der Waals surface area contributed by atoms with E-state index in [-0.39, 0.29) is 5.78 Å². The smallest absolute Gasteiger partial charge is 0.319 e. The molecule has 4 heteroatoms. The van der Waals surface area contributed by atoms with Gasteiger partial charge in [-0.25, -0.2) is 0 Å². The molecule has 0 saturated carbocycles. The number of nitrogens with zero attached hydrogens (tertiary/aromatic N) is 1. The predicted octanol–water partition coefficient (Wildman–Crippen LogP) is 1.88. The third-order valence-corrected chi connectivity index (χ3v) is 3.80. The zero-order valence-corrected chi connectivity index (χ0v) is 12.0. The summed E-state index contributed by atoms with van der Waals surface area (Å²) in [7, 11) is 0. The molecule has 0 bridgehead atoms. The van der Waals surface area contributed by atoms with Gasteiger partial charge in [-0.15, -0.1) is 0 Å². The number of hydrogen-bond donors (Lipinski definition) is 0. The van der Waals surface area contributed by atoms with E-state index in [2.05, 4.69) is 11.8 Å². The summed E-state index contributed by atoms with van der Waals surface area (Å²) in [5.74, 6) is 0.238. The molecule has 0 aromatic rings. The Morgan fingerprint density at radius 1 is 1.33 bits per heavy atom. The Hall–Kier alpha value is -0.900. The molecule has 0 spiro atoms. The summed E-state index contributed by atoms with van der Waals surface area (Å²) in [5, 5.41) is 0. The van der Waals surface area contributed by atoms with Gasteiger partial charge >= 0.3 is 5.97 Å². The van der Waals surface area contributed by atoms with E-state index in [9.17, 15) is 9.59 Å². The maximum atomic E-state index is 12.2. The van der Waals surface area contributed by atoms with E-state index in [0.29, 0.717) is 19.1 Å². The molecule has 1 aliphatic heterocycles. The number of Topliss-reactive ketones (excluding diaryl/α,β-unsaturated/α-hetero) is 1. The summed E-state index contributed by atoms with van der Waals surface area (Å²) in [6.07, 6.45) is 2.32. The van der Waals surface area contributed by atoms with Crippen LogP contribution in [0, 0.1) is 11.3 Å². The van der Waals surface area contributed by atoms with Gasteiger partial charge in [0.2, 0.25) is 0 Å². The van der Waals surface area contributed by atoms with Crippen molar-refractivity contribution in [1.29, 1.82) is 0 Å². The number of rotatable bonds is 6. The van der Waals surface area contributed by atoms with Crippen LogP contribution < -0.4 is 0 Å². The van der Waals surface area contributed by atoms with E-state index in [1.807, 2.05) is 0 Å². The highest BCUT2D eigenvalue weighted by atomic mass is 16.5. The van der Waals surface area contributed by atoms with Crippen LogP contribution in [-0.2, 0) is 14.3 Å². The highest BCUT2D eigenvalue weighted by Crippen LogP contribution is 2.23. The average molecular weight is 255 g/mol. The van der Waals surface area contributed by atoms with Gasteiger partial charge in [0.25, 0.3) is 0 Å². The van der Waals surface area contributed by atoms with Crippen molar-refractivity contribution in [3.05, 3.63) is 0 Å². The van der Waals surface area contributed by atoms with Crippen molar-refractivity contribution in [1.82, 2.24) is 4.90 Å². The first kappa shape index (κ1) is 15.2. The Morgan fingerprint density at radius 2 is 2.00 bits per heavy atom. The van der Waals surface area contributed by atoms with Crippen molar-refractivity contribution >= 4 is 11.8 Å². The van der Waals surface area contributed by atoms with Gasteiger partial charge in [0, 0.05) is 6.54 Å². The van der Waals surface area contributed by atoms with Crippen molar-refractivity contribution in [2.45, 2.75) is 40.5 Å². The van der Waals surface area contributed by atoms with Gasteiger partial charge in [0.1, 0.15) is 5.41 Å². The van der Waals surface area contributed by atoms with Crippen LogP contribution in [0.15, 0.2) is 0 Å². The average Bonchev–Trinajstić information content (AvgIpc) is 2.77. The SMILES string of the molecule is CCOC(=O)C(C)(C)C(=O)CN1CCC(CC)C1. The fourth-order valence-electron chi connectivity index (χ4n) is 2.22. The van der Waals surface area contributed by atoms with Crippen LogP contribution in [0.1, 0.15) is 40.5 Å². The number of esters is 1. The Balaban J connectivity index is 2.52. The van der Waals surface area contributed by atoms with Crippen molar-refractivity contribution in [2.24, 2.45) is 11.3 Å². The first-order chi connectivity index (χ1) is 8.41. The largest absolute Gasteiger partial charge is 0.465 e. The lowest BCUT2D eigenvalue weighted by atomic mass is 9.88. The Morgan fingerprint density at radius 3 is 2.50 bits per heavy atom. The lowest BCUT2D eigenvalue weighted by Gasteiger charge is -2.24. The quantitative estimate of drug-likeness (QED) is 0.537. The van der Waals surface area contributed by atoms with E-state index in [1.165, 1.54) is 0 Å². The van der Waals surface area contributed by atoms with E-state index in [1.54, 1.807) is 20.8 Å². The van der Waals surface area contributed by atoms with Crippen LogP contribution in [0.3, 0.4) is 0 Å². The Labute approximate surface area is 110 Å². The summed E-state index contributed by atoms with van der Waals surface area (Å²) in [6.45, 7) is 9.86. The maximum Gasteiger partial charge on any atom is 0.319 e. The first-order valence-electron chi connectivity index (χ1n) is 6.84. The van der Waals surface area contributed by atoms with Crippen LogP contribution in [0.25, 0.3) is 0 Å². The number of ketones is 1. The van der Waals surface area contributed by atoms with Gasteiger partial charge in [0.05, 0.1) is 13.2 Å². The summed E-state index contributed by atoms with van der Waals surface area (Å²) in [5.41, 5.74) is -1.03. The zero-order chi connectivity index (χ0) is 13.8. The standard InChI is InChI=1S/C14H25NO3/c1-5-11-7-8-15(9-11)10-12(16)14(3,4)13(17)18-6-2/h11H,5-10H2,1-4H3. The highest BCUT2D eigenvalue weighted by Gasteiger charge is 2.38. The molecule has 0 N–H and O–H groups in total. The number of likely N-dealkylation sites (tertiary alicyclic amines) is 1. The van der Waals surface area contributed by atoms with Gasteiger partial charge in [-0.05, 0) is 39.7 Å². The van der Waals surface area contributed by atoms with E-state index in [4.69, 9.17) is 4.74 Å². The second kappa shape index (κ2) is 6.32. The van der Waals surface area contributed by atoms with E-state index in [0.717, 1.165) is 25.9 Å². The summed E-state index contributed by atoms with van der Waals surface area (Å²) < 4.78 is 4.96. The normalized spacial score (nSPS) is 21.0. The molecule has 1 unspecified atom stereocenters. The molecule has 1 saturated heterocycles. The molecule has 104 valence electrons. The molecular weight excluding hydrogens is 230 g/mol. The van der Waals surface area contributed by atoms with Crippen LogP contribution in [0.5, 0.6) is 0 Å². The third kappa shape index (κ3) is 3.55. The van der Waals surface area contributed by atoms with Gasteiger partial charge in [-0.3, -0.25) is 14.5 Å². The van der Waals surface area contributed by atoms with Gasteiger partial charge < -0.3 is 4.74 Å².